The number of nitrogens with zero attached hydrogens (tertiary/aromatic N) is 1. The van der Waals surface area contributed by atoms with E-state index in [1.165, 1.54) is 4.88 Å². The third-order valence-electron chi connectivity index (χ3n) is 2.41. The van der Waals surface area contributed by atoms with E-state index in [0.29, 0.717) is 6.54 Å². The lowest BCUT2D eigenvalue weighted by atomic mass is 10.3. The van der Waals surface area contributed by atoms with Gasteiger partial charge in [0.05, 0.1) is 12.3 Å². The van der Waals surface area contributed by atoms with Crippen molar-refractivity contribution in [1.29, 1.82) is 0 Å². The molecule has 2 rings (SSSR count). The van der Waals surface area contributed by atoms with Gasteiger partial charge in [-0.1, -0.05) is 6.92 Å². The van der Waals surface area contributed by atoms with Crippen LogP contribution in [0.5, 0.6) is 0 Å². The van der Waals surface area contributed by atoms with Gasteiger partial charge in [0.25, 0.3) is 0 Å². The molecular weight excluding hydrogens is 228 g/mol. The molecule has 0 amide bonds. The Labute approximate surface area is 98.4 Å². The van der Waals surface area contributed by atoms with E-state index in [4.69, 9.17) is 10.5 Å². The number of rotatable bonds is 3. The Bertz CT molecular complexity index is 300. The zero-order valence-electron chi connectivity index (χ0n) is 8.86. The molecule has 0 saturated carbocycles. The second-order valence-corrected chi connectivity index (χ2v) is 5.68. The van der Waals surface area contributed by atoms with Gasteiger partial charge < -0.3 is 10.5 Å². The Kier molecular flexibility index (Phi) is 4.02. The maximum absolute atomic E-state index is 5.71. The summed E-state index contributed by atoms with van der Waals surface area (Å²) in [5, 5.41) is 1.11. The van der Waals surface area contributed by atoms with Crippen LogP contribution in [0.3, 0.4) is 0 Å². The Balaban J connectivity index is 2.16. The number of aryl methyl sites for hydroxylation is 1. The lowest BCUT2D eigenvalue weighted by molar-refractivity contribution is 0.0754. The average molecular weight is 244 g/mol. The molecule has 1 saturated heterocycles. The van der Waals surface area contributed by atoms with Crippen LogP contribution in [0.2, 0.25) is 0 Å². The monoisotopic (exact) mass is 244 g/mol. The quantitative estimate of drug-likeness (QED) is 0.883. The predicted octanol–water partition coefficient (Wildman–Crippen LogP) is 1.97. The van der Waals surface area contributed by atoms with Gasteiger partial charge in [0.2, 0.25) is 0 Å². The molecule has 1 aliphatic rings. The number of hydrogen-bond acceptors (Lipinski definition) is 5. The first-order valence-corrected chi connectivity index (χ1v) is 7.20. The number of ether oxygens (including phenoxy) is 1. The second-order valence-electron chi connectivity index (χ2n) is 3.41. The van der Waals surface area contributed by atoms with Crippen LogP contribution in [0.1, 0.15) is 28.6 Å². The number of thiazole rings is 1. The fraction of sp³-hybridized carbons (Fsp3) is 0.700. The van der Waals surface area contributed by atoms with Crippen molar-refractivity contribution < 1.29 is 4.74 Å². The van der Waals surface area contributed by atoms with Crippen LogP contribution in [0.4, 0.5) is 0 Å². The van der Waals surface area contributed by atoms with Gasteiger partial charge in [-0.25, -0.2) is 4.98 Å². The number of nitrogens with two attached hydrogens (primary N) is 1. The van der Waals surface area contributed by atoms with Crippen molar-refractivity contribution in [1.82, 2.24) is 4.98 Å². The maximum atomic E-state index is 5.71. The summed E-state index contributed by atoms with van der Waals surface area (Å²) in [4.78, 5) is 5.84. The van der Waals surface area contributed by atoms with Crippen LogP contribution in [0.15, 0.2) is 0 Å². The summed E-state index contributed by atoms with van der Waals surface area (Å²) in [6, 6.07) is 0. The van der Waals surface area contributed by atoms with Crippen molar-refractivity contribution in [3.63, 3.8) is 0 Å². The van der Waals surface area contributed by atoms with Crippen molar-refractivity contribution in [2.75, 3.05) is 18.1 Å². The normalized spacial score (nSPS) is 21.9. The Morgan fingerprint density at radius 2 is 2.47 bits per heavy atom. The lowest BCUT2D eigenvalue weighted by Gasteiger charge is -2.19. The van der Waals surface area contributed by atoms with Gasteiger partial charge in [-0.05, 0) is 6.42 Å². The van der Waals surface area contributed by atoms with Crippen molar-refractivity contribution >= 4 is 23.1 Å². The van der Waals surface area contributed by atoms with Crippen LogP contribution < -0.4 is 5.73 Å². The second kappa shape index (κ2) is 5.30. The minimum atomic E-state index is 0.194. The summed E-state index contributed by atoms with van der Waals surface area (Å²) in [5.74, 6) is 2.13. The topological polar surface area (TPSA) is 48.1 Å². The van der Waals surface area contributed by atoms with Gasteiger partial charge in [-0.3, -0.25) is 0 Å². The highest BCUT2D eigenvalue weighted by Gasteiger charge is 2.21. The van der Waals surface area contributed by atoms with Crippen LogP contribution in [-0.4, -0.2) is 23.1 Å². The summed E-state index contributed by atoms with van der Waals surface area (Å²) < 4.78 is 5.71. The third-order valence-corrected chi connectivity index (χ3v) is 4.61. The van der Waals surface area contributed by atoms with E-state index in [-0.39, 0.29) is 6.10 Å². The molecule has 2 heterocycles. The molecule has 2 N–H and O–H groups in total. The number of thioether (sulfide) groups is 1. The summed E-state index contributed by atoms with van der Waals surface area (Å²) in [5.41, 5.74) is 6.84. The fourth-order valence-corrected chi connectivity index (χ4v) is 3.64. The predicted molar refractivity (Wildman–Crippen MR) is 65.4 cm³/mol. The van der Waals surface area contributed by atoms with E-state index in [1.807, 2.05) is 11.8 Å². The maximum Gasteiger partial charge on any atom is 0.123 e. The summed E-state index contributed by atoms with van der Waals surface area (Å²) >= 11 is 3.65. The van der Waals surface area contributed by atoms with Crippen LogP contribution in [0.25, 0.3) is 0 Å². The molecule has 3 nitrogen and oxygen atoms in total. The zero-order chi connectivity index (χ0) is 10.7. The molecule has 1 atom stereocenters. The Morgan fingerprint density at radius 1 is 1.60 bits per heavy atom. The standard InChI is InChI=1S/C10H16N2OS2/c1-2-7-9(5-11)15-10(12-7)8-6-14-4-3-13-8/h8H,2-6,11H2,1H3. The minimum Gasteiger partial charge on any atom is -0.369 e. The van der Waals surface area contributed by atoms with E-state index in [2.05, 4.69) is 11.9 Å². The molecule has 5 heteroatoms. The first-order chi connectivity index (χ1) is 7.35. The Morgan fingerprint density at radius 3 is 3.00 bits per heavy atom. The molecular formula is C10H16N2OS2. The first kappa shape index (κ1) is 11.4. The van der Waals surface area contributed by atoms with E-state index in [0.717, 1.165) is 35.2 Å². The van der Waals surface area contributed by atoms with Gasteiger partial charge in [-0.2, -0.15) is 11.8 Å². The molecule has 1 fully saturated rings. The van der Waals surface area contributed by atoms with Crippen LogP contribution in [-0.2, 0) is 17.7 Å². The van der Waals surface area contributed by atoms with E-state index >= 15 is 0 Å². The van der Waals surface area contributed by atoms with Gasteiger partial charge in [0, 0.05) is 22.9 Å². The molecule has 0 aliphatic carbocycles. The highest BCUT2D eigenvalue weighted by Crippen LogP contribution is 2.31. The molecule has 1 unspecified atom stereocenters. The number of aromatic nitrogens is 1. The van der Waals surface area contributed by atoms with Crippen molar-refractivity contribution in [2.45, 2.75) is 26.0 Å². The van der Waals surface area contributed by atoms with Crippen molar-refractivity contribution in [3.05, 3.63) is 15.6 Å². The summed E-state index contributed by atoms with van der Waals surface area (Å²) in [6.07, 6.45) is 1.16. The largest absolute Gasteiger partial charge is 0.369 e. The van der Waals surface area contributed by atoms with Gasteiger partial charge in [0.1, 0.15) is 11.1 Å². The van der Waals surface area contributed by atoms with E-state index in [9.17, 15) is 0 Å². The fourth-order valence-electron chi connectivity index (χ4n) is 1.61. The molecule has 0 bridgehead atoms. The molecule has 1 aromatic heterocycles. The van der Waals surface area contributed by atoms with Gasteiger partial charge >= 0.3 is 0 Å². The lowest BCUT2D eigenvalue weighted by Crippen LogP contribution is -2.15. The first-order valence-electron chi connectivity index (χ1n) is 5.23. The molecule has 84 valence electrons. The minimum absolute atomic E-state index is 0.194. The van der Waals surface area contributed by atoms with Crippen molar-refractivity contribution in [2.24, 2.45) is 5.73 Å². The summed E-state index contributed by atoms with van der Waals surface area (Å²) in [7, 11) is 0. The third kappa shape index (κ3) is 2.53. The number of hydrogen-bond donors (Lipinski definition) is 1. The van der Waals surface area contributed by atoms with Crippen LogP contribution >= 0.6 is 23.1 Å². The molecule has 0 spiro atoms. The summed E-state index contributed by atoms with van der Waals surface area (Å²) in [6.45, 7) is 3.56. The van der Waals surface area contributed by atoms with Gasteiger partial charge in [0.15, 0.2) is 0 Å². The molecule has 1 aromatic rings. The Hall–Kier alpha value is -0.100. The molecule has 15 heavy (non-hydrogen) atoms. The molecule has 0 aromatic carbocycles. The smallest absolute Gasteiger partial charge is 0.123 e. The average Bonchev–Trinajstić information content (AvgIpc) is 2.73. The van der Waals surface area contributed by atoms with Crippen molar-refractivity contribution in [3.8, 4) is 0 Å². The van der Waals surface area contributed by atoms with E-state index in [1.54, 1.807) is 11.3 Å². The highest BCUT2D eigenvalue weighted by atomic mass is 32.2. The highest BCUT2D eigenvalue weighted by molar-refractivity contribution is 7.99. The van der Waals surface area contributed by atoms with Crippen LogP contribution in [0, 0.1) is 0 Å². The SMILES string of the molecule is CCc1nc(C2CSCCO2)sc1CN. The molecule has 0 radical (unpaired) electrons. The van der Waals surface area contributed by atoms with E-state index < -0.39 is 0 Å². The zero-order valence-corrected chi connectivity index (χ0v) is 10.5. The molecule has 1 aliphatic heterocycles. The van der Waals surface area contributed by atoms with Gasteiger partial charge in [-0.15, -0.1) is 11.3 Å².